The fourth-order valence-corrected chi connectivity index (χ4v) is 2.75. The van der Waals surface area contributed by atoms with Crippen LogP contribution in [-0.4, -0.2) is 18.2 Å². The average Bonchev–Trinajstić information content (AvgIpc) is 2.35. The Morgan fingerprint density at radius 3 is 2.94 bits per heavy atom. The van der Waals surface area contributed by atoms with Gasteiger partial charge in [0.15, 0.2) is 0 Å². The Hall–Kier alpha value is -0.860. The van der Waals surface area contributed by atoms with Gasteiger partial charge in [-0.3, -0.25) is 0 Å². The van der Waals surface area contributed by atoms with Gasteiger partial charge in [-0.25, -0.2) is 0 Å². The molecule has 0 bridgehead atoms. The minimum Gasteiger partial charge on any atom is -0.384 e. The van der Waals surface area contributed by atoms with Crippen LogP contribution in [0.4, 0.5) is 0 Å². The van der Waals surface area contributed by atoms with Gasteiger partial charge in [-0.05, 0) is 42.9 Å². The first-order valence-corrected chi connectivity index (χ1v) is 6.70. The number of aliphatic hydroxyl groups is 1. The summed E-state index contributed by atoms with van der Waals surface area (Å²) >= 11 is 0. The summed E-state index contributed by atoms with van der Waals surface area (Å²) in [6.07, 6.45) is 3.04. The Kier molecular flexibility index (Phi) is 3.85. The summed E-state index contributed by atoms with van der Waals surface area (Å²) in [5.41, 5.74) is 1.78. The van der Waals surface area contributed by atoms with Gasteiger partial charge in [0.05, 0.1) is 0 Å². The molecule has 1 aromatic rings. The molecule has 1 aliphatic carbocycles. The van der Waals surface area contributed by atoms with E-state index in [9.17, 15) is 5.11 Å². The van der Waals surface area contributed by atoms with E-state index in [-0.39, 0.29) is 0 Å². The largest absolute Gasteiger partial charge is 0.384 e. The Morgan fingerprint density at radius 2 is 2.18 bits per heavy atom. The first-order valence-electron chi connectivity index (χ1n) is 6.70. The third kappa shape index (κ3) is 2.53. The van der Waals surface area contributed by atoms with Crippen molar-refractivity contribution in [2.24, 2.45) is 0 Å². The fraction of sp³-hybridized carbons (Fsp3) is 0.600. The molecule has 2 atom stereocenters. The molecule has 94 valence electrons. The standard InChI is InChI=1S/C15H23NO/c1-3-10-16-11-15(17)9-8-12(2)13-6-4-5-7-14(13)15/h4-7,12,16-17H,3,8-11H2,1-2H3. The molecule has 2 heteroatoms. The van der Waals surface area contributed by atoms with E-state index in [1.54, 1.807) is 0 Å². The summed E-state index contributed by atoms with van der Waals surface area (Å²) in [6, 6.07) is 8.34. The highest BCUT2D eigenvalue weighted by molar-refractivity contribution is 5.37. The fourth-order valence-electron chi connectivity index (χ4n) is 2.75. The van der Waals surface area contributed by atoms with Crippen LogP contribution in [0.5, 0.6) is 0 Å². The van der Waals surface area contributed by atoms with Crippen LogP contribution in [0.2, 0.25) is 0 Å². The smallest absolute Gasteiger partial charge is 0.102 e. The molecule has 2 rings (SSSR count). The van der Waals surface area contributed by atoms with Crippen molar-refractivity contribution in [3.05, 3.63) is 35.4 Å². The Labute approximate surface area is 104 Å². The summed E-state index contributed by atoms with van der Waals surface area (Å²) in [5.74, 6) is 0.567. The maximum atomic E-state index is 10.8. The highest BCUT2D eigenvalue weighted by atomic mass is 16.3. The second kappa shape index (κ2) is 5.19. The zero-order valence-corrected chi connectivity index (χ0v) is 10.9. The molecule has 0 fully saturated rings. The molecule has 0 heterocycles. The van der Waals surface area contributed by atoms with E-state index < -0.39 is 5.60 Å². The van der Waals surface area contributed by atoms with Crippen molar-refractivity contribution in [3.63, 3.8) is 0 Å². The molecule has 0 amide bonds. The van der Waals surface area contributed by atoms with E-state index in [1.807, 2.05) is 6.07 Å². The van der Waals surface area contributed by atoms with Crippen molar-refractivity contribution in [1.82, 2.24) is 5.32 Å². The summed E-state index contributed by atoms with van der Waals surface area (Å²) in [7, 11) is 0. The van der Waals surface area contributed by atoms with Gasteiger partial charge in [-0.15, -0.1) is 0 Å². The Balaban J connectivity index is 2.22. The number of benzene rings is 1. The van der Waals surface area contributed by atoms with Crippen LogP contribution in [0.1, 0.15) is 50.2 Å². The molecule has 0 saturated heterocycles. The van der Waals surface area contributed by atoms with Crippen molar-refractivity contribution in [2.75, 3.05) is 13.1 Å². The summed E-state index contributed by atoms with van der Waals surface area (Å²) in [5, 5.41) is 14.2. The van der Waals surface area contributed by atoms with E-state index >= 15 is 0 Å². The minimum absolute atomic E-state index is 0.567. The van der Waals surface area contributed by atoms with Crippen LogP contribution in [0.25, 0.3) is 0 Å². The minimum atomic E-state index is -0.668. The zero-order valence-electron chi connectivity index (χ0n) is 10.9. The third-order valence-corrected chi connectivity index (χ3v) is 3.83. The highest BCUT2D eigenvalue weighted by Crippen LogP contribution is 2.40. The van der Waals surface area contributed by atoms with Gasteiger partial charge in [0.2, 0.25) is 0 Å². The van der Waals surface area contributed by atoms with Crippen LogP contribution in [-0.2, 0) is 5.60 Å². The maximum absolute atomic E-state index is 10.8. The van der Waals surface area contributed by atoms with Crippen molar-refractivity contribution in [2.45, 2.75) is 44.6 Å². The molecule has 17 heavy (non-hydrogen) atoms. The number of nitrogens with one attached hydrogen (secondary N) is 1. The molecule has 0 radical (unpaired) electrons. The van der Waals surface area contributed by atoms with E-state index in [0.29, 0.717) is 12.5 Å². The maximum Gasteiger partial charge on any atom is 0.102 e. The molecule has 0 aliphatic heterocycles. The second-order valence-corrected chi connectivity index (χ2v) is 5.24. The Bertz CT molecular complexity index is 377. The molecule has 0 saturated carbocycles. The summed E-state index contributed by atoms with van der Waals surface area (Å²) in [6.45, 7) is 6.04. The molecule has 1 aliphatic rings. The van der Waals surface area contributed by atoms with Gasteiger partial charge < -0.3 is 10.4 Å². The van der Waals surface area contributed by atoms with Crippen molar-refractivity contribution in [3.8, 4) is 0 Å². The van der Waals surface area contributed by atoms with Gasteiger partial charge in [0.1, 0.15) is 5.60 Å². The zero-order chi connectivity index (χ0) is 12.3. The van der Waals surface area contributed by atoms with Crippen LogP contribution in [0.3, 0.4) is 0 Å². The third-order valence-electron chi connectivity index (χ3n) is 3.83. The van der Waals surface area contributed by atoms with Gasteiger partial charge in [0, 0.05) is 6.54 Å². The number of fused-ring (bicyclic) bond motifs is 1. The lowest BCUT2D eigenvalue weighted by molar-refractivity contribution is 0.0164. The summed E-state index contributed by atoms with van der Waals surface area (Å²) in [4.78, 5) is 0. The second-order valence-electron chi connectivity index (χ2n) is 5.24. The SMILES string of the molecule is CCCNCC1(O)CCC(C)c2ccccc21. The van der Waals surface area contributed by atoms with Crippen molar-refractivity contribution in [1.29, 1.82) is 0 Å². The van der Waals surface area contributed by atoms with Crippen LogP contribution < -0.4 is 5.32 Å². The van der Waals surface area contributed by atoms with Crippen LogP contribution in [0.15, 0.2) is 24.3 Å². The molecule has 1 aromatic carbocycles. The molecular formula is C15H23NO. The number of hydrogen-bond acceptors (Lipinski definition) is 2. The van der Waals surface area contributed by atoms with Gasteiger partial charge in [-0.1, -0.05) is 38.1 Å². The lowest BCUT2D eigenvalue weighted by atomic mass is 9.74. The van der Waals surface area contributed by atoms with Gasteiger partial charge in [0.25, 0.3) is 0 Å². The van der Waals surface area contributed by atoms with Crippen molar-refractivity contribution < 1.29 is 5.11 Å². The summed E-state index contributed by atoms with van der Waals surface area (Å²) < 4.78 is 0. The van der Waals surface area contributed by atoms with Crippen LogP contribution in [0, 0.1) is 0 Å². The van der Waals surface area contributed by atoms with E-state index in [4.69, 9.17) is 0 Å². The molecule has 2 N–H and O–H groups in total. The monoisotopic (exact) mass is 233 g/mol. The average molecular weight is 233 g/mol. The molecule has 0 spiro atoms. The van der Waals surface area contributed by atoms with E-state index in [1.165, 1.54) is 5.56 Å². The first kappa shape index (κ1) is 12.6. The molecule has 2 nitrogen and oxygen atoms in total. The van der Waals surface area contributed by atoms with Gasteiger partial charge in [-0.2, -0.15) is 0 Å². The predicted octanol–water partition coefficient (Wildman–Crippen LogP) is 2.77. The number of rotatable bonds is 4. The lowest BCUT2D eigenvalue weighted by Crippen LogP contribution is -2.41. The van der Waals surface area contributed by atoms with Crippen LogP contribution >= 0.6 is 0 Å². The molecule has 0 aromatic heterocycles. The highest BCUT2D eigenvalue weighted by Gasteiger charge is 2.36. The lowest BCUT2D eigenvalue weighted by Gasteiger charge is -2.37. The van der Waals surface area contributed by atoms with E-state index in [0.717, 1.165) is 31.4 Å². The number of hydrogen-bond donors (Lipinski definition) is 2. The van der Waals surface area contributed by atoms with E-state index in [2.05, 4.69) is 37.4 Å². The van der Waals surface area contributed by atoms with Crippen molar-refractivity contribution >= 4 is 0 Å². The molecular weight excluding hydrogens is 210 g/mol. The first-order chi connectivity index (χ1) is 8.17. The quantitative estimate of drug-likeness (QED) is 0.784. The topological polar surface area (TPSA) is 32.3 Å². The van der Waals surface area contributed by atoms with Gasteiger partial charge >= 0.3 is 0 Å². The normalized spacial score (nSPS) is 27.8. The predicted molar refractivity (Wildman–Crippen MR) is 71.1 cm³/mol. The molecule has 2 unspecified atom stereocenters. The Morgan fingerprint density at radius 1 is 1.41 bits per heavy atom.